The summed E-state index contributed by atoms with van der Waals surface area (Å²) in [6, 6.07) is 8.77. The molecule has 0 aromatic heterocycles. The van der Waals surface area contributed by atoms with E-state index in [4.69, 9.17) is 44.3 Å². The highest BCUT2D eigenvalue weighted by Crippen LogP contribution is 2.37. The second-order valence-corrected chi connectivity index (χ2v) is 6.65. The van der Waals surface area contributed by atoms with Crippen LogP contribution in [0.3, 0.4) is 0 Å². The van der Waals surface area contributed by atoms with Crippen molar-refractivity contribution in [1.82, 2.24) is 0 Å². The van der Waals surface area contributed by atoms with Gasteiger partial charge in [-0.3, -0.25) is 5.43 Å². The first kappa shape index (κ1) is 19.7. The maximum absolute atomic E-state index is 6.33. The smallest absolute Gasteiger partial charge is 0.180 e. The van der Waals surface area contributed by atoms with E-state index in [0.717, 1.165) is 11.3 Å². The molecule has 7 heteroatoms. The molecule has 0 bridgehead atoms. The quantitative estimate of drug-likeness (QED) is 0.438. The second kappa shape index (κ2) is 9.18. The highest BCUT2D eigenvalue weighted by atomic mass is 35.5. The zero-order valence-electron chi connectivity index (χ0n) is 14.1. The van der Waals surface area contributed by atoms with Gasteiger partial charge in [0.25, 0.3) is 0 Å². The molecular formula is C18H19Cl3N2O2. The molecule has 25 heavy (non-hydrogen) atoms. The Hall–Kier alpha value is -1.62. The average Bonchev–Trinajstić information content (AvgIpc) is 2.54. The van der Waals surface area contributed by atoms with Gasteiger partial charge in [0.1, 0.15) is 0 Å². The summed E-state index contributed by atoms with van der Waals surface area (Å²) in [5.41, 5.74) is 4.39. The summed E-state index contributed by atoms with van der Waals surface area (Å²) in [6.45, 7) is 6.28. The zero-order valence-corrected chi connectivity index (χ0v) is 16.4. The number of hydrazone groups is 1. The summed E-state index contributed by atoms with van der Waals surface area (Å²) in [7, 11) is 0. The van der Waals surface area contributed by atoms with Gasteiger partial charge >= 0.3 is 0 Å². The number of anilines is 1. The van der Waals surface area contributed by atoms with Gasteiger partial charge in [-0.1, -0.05) is 34.8 Å². The van der Waals surface area contributed by atoms with Crippen LogP contribution in [0.5, 0.6) is 11.5 Å². The lowest BCUT2D eigenvalue weighted by Gasteiger charge is -2.16. The molecule has 0 spiro atoms. The molecule has 0 aliphatic rings. The van der Waals surface area contributed by atoms with Gasteiger partial charge < -0.3 is 9.47 Å². The maximum Gasteiger partial charge on any atom is 0.180 e. The number of nitrogens with zero attached hydrogens (tertiary/aromatic N) is 1. The Morgan fingerprint density at radius 2 is 1.84 bits per heavy atom. The van der Waals surface area contributed by atoms with Crippen LogP contribution in [-0.2, 0) is 0 Å². The summed E-state index contributed by atoms with van der Waals surface area (Å²) >= 11 is 18.2. The number of benzene rings is 2. The van der Waals surface area contributed by atoms with E-state index in [9.17, 15) is 0 Å². The number of hydrogen-bond donors (Lipinski definition) is 1. The summed E-state index contributed by atoms with van der Waals surface area (Å²) < 4.78 is 11.4. The Morgan fingerprint density at radius 3 is 2.48 bits per heavy atom. The van der Waals surface area contributed by atoms with Crippen molar-refractivity contribution < 1.29 is 9.47 Å². The number of ether oxygens (including phenoxy) is 2. The minimum atomic E-state index is -0.00690. The van der Waals surface area contributed by atoms with E-state index in [-0.39, 0.29) is 6.10 Å². The predicted octanol–water partition coefficient (Wildman–Crippen LogP) is 6.28. The first-order chi connectivity index (χ1) is 11.9. The lowest BCUT2D eigenvalue weighted by Crippen LogP contribution is -2.08. The highest BCUT2D eigenvalue weighted by molar-refractivity contribution is 6.42. The van der Waals surface area contributed by atoms with E-state index >= 15 is 0 Å². The van der Waals surface area contributed by atoms with Crippen LogP contribution in [0.25, 0.3) is 0 Å². The number of rotatable bonds is 7. The van der Waals surface area contributed by atoms with Crippen LogP contribution in [0, 0.1) is 0 Å². The Bertz CT molecular complexity index is 764. The van der Waals surface area contributed by atoms with Gasteiger partial charge in [0.15, 0.2) is 11.5 Å². The molecule has 0 fully saturated rings. The Kier molecular flexibility index (Phi) is 7.24. The molecule has 4 nitrogen and oxygen atoms in total. The van der Waals surface area contributed by atoms with Gasteiger partial charge in [-0.15, -0.1) is 0 Å². The van der Waals surface area contributed by atoms with E-state index in [1.165, 1.54) is 0 Å². The molecule has 2 rings (SSSR count). The molecule has 0 radical (unpaired) electrons. The molecule has 1 N–H and O–H groups in total. The SMILES string of the molecule is CCOc1cc(C=NNc2ccc(Cl)c(Cl)c2)cc(Cl)c1OC(C)C. The van der Waals surface area contributed by atoms with Crippen molar-refractivity contribution >= 4 is 46.7 Å². The second-order valence-electron chi connectivity index (χ2n) is 5.43. The van der Waals surface area contributed by atoms with Gasteiger partial charge in [0.2, 0.25) is 0 Å². The molecule has 2 aromatic rings. The first-order valence-corrected chi connectivity index (χ1v) is 8.91. The Labute approximate surface area is 162 Å². The number of hydrogen-bond acceptors (Lipinski definition) is 4. The molecular weight excluding hydrogens is 383 g/mol. The summed E-state index contributed by atoms with van der Waals surface area (Å²) in [6.07, 6.45) is 1.63. The van der Waals surface area contributed by atoms with Crippen LogP contribution in [0.2, 0.25) is 15.1 Å². The van der Waals surface area contributed by atoms with Crippen molar-refractivity contribution in [1.29, 1.82) is 0 Å². The van der Waals surface area contributed by atoms with Crippen LogP contribution in [0.15, 0.2) is 35.4 Å². The zero-order chi connectivity index (χ0) is 18.4. The van der Waals surface area contributed by atoms with Gasteiger partial charge in [0.05, 0.1) is 39.7 Å². The van der Waals surface area contributed by atoms with Crippen LogP contribution in [0.1, 0.15) is 26.3 Å². The molecule has 0 aliphatic heterocycles. The molecule has 134 valence electrons. The highest BCUT2D eigenvalue weighted by Gasteiger charge is 2.13. The minimum absolute atomic E-state index is 0.00690. The molecule has 2 aromatic carbocycles. The van der Waals surface area contributed by atoms with Crippen LogP contribution >= 0.6 is 34.8 Å². The van der Waals surface area contributed by atoms with Crippen LogP contribution in [-0.4, -0.2) is 18.9 Å². The molecule has 0 aliphatic carbocycles. The van der Waals surface area contributed by atoms with E-state index in [1.807, 2.05) is 26.8 Å². The van der Waals surface area contributed by atoms with Gasteiger partial charge in [0, 0.05) is 0 Å². The first-order valence-electron chi connectivity index (χ1n) is 7.77. The van der Waals surface area contributed by atoms with E-state index < -0.39 is 0 Å². The van der Waals surface area contributed by atoms with Crippen molar-refractivity contribution in [3.05, 3.63) is 51.0 Å². The topological polar surface area (TPSA) is 42.8 Å². The van der Waals surface area contributed by atoms with Crippen LogP contribution in [0.4, 0.5) is 5.69 Å². The van der Waals surface area contributed by atoms with E-state index in [2.05, 4.69) is 10.5 Å². The third-order valence-corrected chi connectivity index (χ3v) is 4.03. The van der Waals surface area contributed by atoms with Crippen molar-refractivity contribution in [2.45, 2.75) is 26.9 Å². The van der Waals surface area contributed by atoms with Crippen molar-refractivity contribution in [2.75, 3.05) is 12.0 Å². The Morgan fingerprint density at radius 1 is 1.08 bits per heavy atom. The molecule has 0 amide bonds. The largest absolute Gasteiger partial charge is 0.490 e. The average molecular weight is 402 g/mol. The maximum atomic E-state index is 6.33. The van der Waals surface area contributed by atoms with Gasteiger partial charge in [-0.25, -0.2) is 0 Å². The molecule has 0 unspecified atom stereocenters. The Balaban J connectivity index is 2.19. The fourth-order valence-corrected chi connectivity index (χ4v) is 2.58. The summed E-state index contributed by atoms with van der Waals surface area (Å²) in [5.74, 6) is 1.12. The third kappa shape index (κ3) is 5.70. The van der Waals surface area contributed by atoms with Crippen molar-refractivity contribution in [2.24, 2.45) is 5.10 Å². The molecule has 0 heterocycles. The molecule has 0 saturated heterocycles. The standard InChI is InChI=1S/C18H19Cl3N2O2/c1-4-24-17-8-12(7-16(21)18(17)25-11(2)3)10-22-23-13-5-6-14(19)15(20)9-13/h5-11,23H,4H2,1-3H3. The third-order valence-electron chi connectivity index (χ3n) is 3.01. The van der Waals surface area contributed by atoms with Gasteiger partial charge in [-0.05, 0) is 56.7 Å². The van der Waals surface area contributed by atoms with Crippen molar-refractivity contribution in [3.8, 4) is 11.5 Å². The monoisotopic (exact) mass is 400 g/mol. The lowest BCUT2D eigenvalue weighted by atomic mass is 10.2. The fraction of sp³-hybridized carbons (Fsp3) is 0.278. The van der Waals surface area contributed by atoms with E-state index in [1.54, 1.807) is 30.5 Å². The minimum Gasteiger partial charge on any atom is -0.490 e. The van der Waals surface area contributed by atoms with E-state index in [0.29, 0.717) is 33.2 Å². The lowest BCUT2D eigenvalue weighted by molar-refractivity contribution is 0.224. The van der Waals surface area contributed by atoms with Crippen LogP contribution < -0.4 is 14.9 Å². The van der Waals surface area contributed by atoms with Crippen molar-refractivity contribution in [3.63, 3.8) is 0 Å². The molecule has 0 saturated carbocycles. The normalized spacial score (nSPS) is 11.2. The molecule has 0 atom stereocenters. The van der Waals surface area contributed by atoms with Gasteiger partial charge in [-0.2, -0.15) is 5.10 Å². The fourth-order valence-electron chi connectivity index (χ4n) is 2.02. The predicted molar refractivity (Wildman–Crippen MR) is 106 cm³/mol. The summed E-state index contributed by atoms with van der Waals surface area (Å²) in [5, 5.41) is 5.60. The number of halogens is 3. The number of nitrogens with one attached hydrogen (secondary N) is 1. The summed E-state index contributed by atoms with van der Waals surface area (Å²) in [4.78, 5) is 0.